The summed E-state index contributed by atoms with van der Waals surface area (Å²) in [6.45, 7) is 5.80. The van der Waals surface area contributed by atoms with E-state index in [4.69, 9.17) is 0 Å². The van der Waals surface area contributed by atoms with E-state index in [1.54, 1.807) is 0 Å². The lowest BCUT2D eigenvalue weighted by Crippen LogP contribution is -2.33. The number of carboxylic acid groups (broad SMARTS) is 1. The lowest BCUT2D eigenvalue weighted by atomic mass is 9.83. The van der Waals surface area contributed by atoms with Crippen LogP contribution in [0.2, 0.25) is 0 Å². The van der Waals surface area contributed by atoms with E-state index in [1.807, 2.05) is 45.0 Å². The summed E-state index contributed by atoms with van der Waals surface area (Å²) in [6.07, 6.45) is 1.95. The van der Waals surface area contributed by atoms with Crippen LogP contribution in [0.25, 0.3) is 0 Å². The molecule has 0 fully saturated rings. The predicted octanol–water partition coefficient (Wildman–Crippen LogP) is 3.18. The lowest BCUT2D eigenvalue weighted by Gasteiger charge is -2.28. The minimum atomic E-state index is -0.867. The Kier molecular flexibility index (Phi) is 5.55. The molecule has 3 nitrogen and oxygen atoms in total. The first-order valence-electron chi connectivity index (χ1n) is 6.91. The molecule has 2 N–H and O–H groups in total. The highest BCUT2D eigenvalue weighted by Gasteiger charge is 2.30. The molecule has 1 aromatic carbocycles. The van der Waals surface area contributed by atoms with Gasteiger partial charge in [0.15, 0.2) is 0 Å². The van der Waals surface area contributed by atoms with Gasteiger partial charge in [-0.15, -0.1) is 0 Å². The van der Waals surface area contributed by atoms with Crippen LogP contribution in [0.4, 0.5) is 0 Å². The van der Waals surface area contributed by atoms with Crippen LogP contribution in [-0.4, -0.2) is 21.8 Å². The monoisotopic (exact) mass is 264 g/mol. The van der Waals surface area contributed by atoms with Crippen LogP contribution in [0.1, 0.15) is 44.2 Å². The van der Waals surface area contributed by atoms with Gasteiger partial charge in [-0.25, -0.2) is 0 Å². The molecule has 0 heterocycles. The summed E-state index contributed by atoms with van der Waals surface area (Å²) in [4.78, 5) is 11.4. The Morgan fingerprint density at radius 1 is 1.21 bits per heavy atom. The first-order chi connectivity index (χ1) is 8.90. The lowest BCUT2D eigenvalue weighted by molar-refractivity contribution is -0.144. The van der Waals surface area contributed by atoms with Crippen molar-refractivity contribution in [1.29, 1.82) is 0 Å². The molecule has 1 atom stereocenters. The average Bonchev–Trinajstić information content (AvgIpc) is 2.40. The molecule has 19 heavy (non-hydrogen) atoms. The highest BCUT2D eigenvalue weighted by Crippen LogP contribution is 2.26. The molecule has 1 unspecified atom stereocenters. The van der Waals surface area contributed by atoms with Gasteiger partial charge in [0.1, 0.15) is 0 Å². The second kappa shape index (κ2) is 6.71. The molecule has 106 valence electrons. The van der Waals surface area contributed by atoms with Crippen LogP contribution in [0.3, 0.4) is 0 Å². The van der Waals surface area contributed by atoms with Crippen LogP contribution in [0, 0.1) is 12.8 Å². The van der Waals surface area contributed by atoms with E-state index in [1.165, 1.54) is 0 Å². The van der Waals surface area contributed by atoms with Gasteiger partial charge < -0.3 is 10.2 Å². The Morgan fingerprint density at radius 3 is 2.16 bits per heavy atom. The molecule has 0 aliphatic heterocycles. The van der Waals surface area contributed by atoms with Gasteiger partial charge in [0, 0.05) is 0 Å². The number of carbonyl (C=O) groups is 1. The smallest absolute Gasteiger partial charge is 0.306 e. The first-order valence-corrected chi connectivity index (χ1v) is 6.91. The molecule has 0 saturated carbocycles. The average molecular weight is 264 g/mol. The van der Waals surface area contributed by atoms with E-state index < -0.39 is 17.5 Å². The third-order valence-electron chi connectivity index (χ3n) is 3.89. The predicted molar refractivity (Wildman–Crippen MR) is 76.2 cm³/mol. The zero-order chi connectivity index (χ0) is 14.5. The molecule has 0 aliphatic rings. The maximum Gasteiger partial charge on any atom is 0.306 e. The van der Waals surface area contributed by atoms with Crippen molar-refractivity contribution in [3.05, 3.63) is 35.4 Å². The third kappa shape index (κ3) is 4.67. The molecule has 1 aromatic rings. The number of aliphatic hydroxyl groups is 1. The van der Waals surface area contributed by atoms with Gasteiger partial charge in [-0.3, -0.25) is 4.79 Å². The Hall–Kier alpha value is -1.35. The summed E-state index contributed by atoms with van der Waals surface area (Å²) in [5.41, 5.74) is 1.30. The molecule has 0 radical (unpaired) electrons. The number of rotatable bonds is 7. The van der Waals surface area contributed by atoms with Crippen LogP contribution >= 0.6 is 0 Å². The summed E-state index contributed by atoms with van der Waals surface area (Å²) >= 11 is 0. The van der Waals surface area contributed by atoms with Gasteiger partial charge >= 0.3 is 5.97 Å². The quantitative estimate of drug-likeness (QED) is 0.795. The van der Waals surface area contributed by atoms with E-state index in [9.17, 15) is 15.0 Å². The SMILES string of the molecule is CCC(O)(CC)CC(Cc1ccc(C)cc1)C(=O)O. The van der Waals surface area contributed by atoms with Crippen molar-refractivity contribution in [1.82, 2.24) is 0 Å². The number of benzene rings is 1. The zero-order valence-electron chi connectivity index (χ0n) is 12.0. The summed E-state index contributed by atoms with van der Waals surface area (Å²) in [5, 5.41) is 19.6. The van der Waals surface area contributed by atoms with Gasteiger partial charge in [0.2, 0.25) is 0 Å². The van der Waals surface area contributed by atoms with E-state index in [-0.39, 0.29) is 0 Å². The van der Waals surface area contributed by atoms with Crippen molar-refractivity contribution in [2.45, 2.75) is 52.1 Å². The molecule has 3 heteroatoms. The Labute approximate surface area is 115 Å². The van der Waals surface area contributed by atoms with Gasteiger partial charge in [0.05, 0.1) is 11.5 Å². The van der Waals surface area contributed by atoms with Crippen molar-refractivity contribution >= 4 is 5.97 Å². The van der Waals surface area contributed by atoms with E-state index >= 15 is 0 Å². The minimum absolute atomic E-state index is 0.309. The third-order valence-corrected chi connectivity index (χ3v) is 3.89. The van der Waals surface area contributed by atoms with E-state index in [0.717, 1.165) is 11.1 Å². The second-order valence-electron chi connectivity index (χ2n) is 5.36. The van der Waals surface area contributed by atoms with Crippen molar-refractivity contribution in [2.75, 3.05) is 0 Å². The highest BCUT2D eigenvalue weighted by molar-refractivity contribution is 5.70. The number of hydrogen-bond acceptors (Lipinski definition) is 2. The summed E-state index contributed by atoms with van der Waals surface area (Å²) in [5.74, 6) is -1.37. The maximum absolute atomic E-state index is 11.4. The van der Waals surface area contributed by atoms with Gasteiger partial charge in [-0.05, 0) is 38.2 Å². The molecule has 0 spiro atoms. The first kappa shape index (κ1) is 15.7. The van der Waals surface area contributed by atoms with Crippen molar-refractivity contribution in [3.63, 3.8) is 0 Å². The maximum atomic E-state index is 11.4. The number of hydrogen-bond donors (Lipinski definition) is 2. The number of aryl methyl sites for hydroxylation is 1. The molecule has 0 bridgehead atoms. The van der Waals surface area contributed by atoms with Gasteiger partial charge in [-0.1, -0.05) is 43.7 Å². The molecule has 0 aromatic heterocycles. The molecular weight excluding hydrogens is 240 g/mol. The molecular formula is C16H24O3. The zero-order valence-corrected chi connectivity index (χ0v) is 12.0. The Balaban J connectivity index is 2.78. The van der Waals surface area contributed by atoms with Crippen molar-refractivity contribution in [3.8, 4) is 0 Å². The Morgan fingerprint density at radius 2 is 1.74 bits per heavy atom. The van der Waals surface area contributed by atoms with E-state index in [2.05, 4.69) is 0 Å². The standard InChI is InChI=1S/C16H24O3/c1-4-16(19,5-2)11-14(15(17)18)10-13-8-6-12(3)7-9-13/h6-9,14,19H,4-5,10-11H2,1-3H3,(H,17,18). The molecule has 0 amide bonds. The number of aliphatic carboxylic acids is 1. The fourth-order valence-corrected chi connectivity index (χ4v) is 2.25. The van der Waals surface area contributed by atoms with Crippen molar-refractivity contribution < 1.29 is 15.0 Å². The molecule has 0 saturated heterocycles. The van der Waals surface area contributed by atoms with Crippen LogP contribution in [0.15, 0.2) is 24.3 Å². The Bertz CT molecular complexity index is 405. The van der Waals surface area contributed by atoms with Crippen LogP contribution < -0.4 is 0 Å². The van der Waals surface area contributed by atoms with Gasteiger partial charge in [0.25, 0.3) is 0 Å². The van der Waals surface area contributed by atoms with Crippen LogP contribution in [-0.2, 0) is 11.2 Å². The fourth-order valence-electron chi connectivity index (χ4n) is 2.25. The van der Waals surface area contributed by atoms with Gasteiger partial charge in [-0.2, -0.15) is 0 Å². The normalized spacial score (nSPS) is 13.3. The number of carboxylic acids is 1. The molecule has 1 rings (SSSR count). The summed E-state index contributed by atoms with van der Waals surface area (Å²) in [7, 11) is 0. The van der Waals surface area contributed by atoms with E-state index in [0.29, 0.717) is 25.7 Å². The minimum Gasteiger partial charge on any atom is -0.481 e. The largest absolute Gasteiger partial charge is 0.481 e. The second-order valence-corrected chi connectivity index (χ2v) is 5.36. The highest BCUT2D eigenvalue weighted by atomic mass is 16.4. The summed E-state index contributed by atoms with van der Waals surface area (Å²) < 4.78 is 0. The topological polar surface area (TPSA) is 57.5 Å². The summed E-state index contributed by atoms with van der Waals surface area (Å²) in [6, 6.07) is 7.89. The fraction of sp³-hybridized carbons (Fsp3) is 0.562. The van der Waals surface area contributed by atoms with Crippen molar-refractivity contribution in [2.24, 2.45) is 5.92 Å². The van der Waals surface area contributed by atoms with Crippen LogP contribution in [0.5, 0.6) is 0 Å². The molecule has 0 aliphatic carbocycles.